The number of rotatable bonds is 4. The van der Waals surface area contributed by atoms with Crippen LogP contribution in [-0.2, 0) is 9.59 Å². The van der Waals surface area contributed by atoms with E-state index in [9.17, 15) is 9.59 Å². The molecule has 0 spiro atoms. The van der Waals surface area contributed by atoms with E-state index < -0.39 is 0 Å². The average molecular weight is 125 g/mol. The van der Waals surface area contributed by atoms with Gasteiger partial charge in [-0.05, 0) is 6.42 Å². The molecule has 0 rings (SSSR count). The van der Waals surface area contributed by atoms with Gasteiger partial charge in [-0.15, -0.1) is 0 Å². The highest BCUT2D eigenvalue weighted by Crippen LogP contribution is 1.85. The van der Waals surface area contributed by atoms with Crippen LogP contribution < -0.4 is 0 Å². The summed E-state index contributed by atoms with van der Waals surface area (Å²) in [5.74, 6) is 0. The van der Waals surface area contributed by atoms with Gasteiger partial charge in [-0.3, -0.25) is 0 Å². The number of aliphatic imine (C=N–C) groups is 2. The van der Waals surface area contributed by atoms with Gasteiger partial charge >= 0.3 is 0 Å². The molecule has 9 heavy (non-hydrogen) atoms. The summed E-state index contributed by atoms with van der Waals surface area (Å²) < 4.78 is 0. The van der Waals surface area contributed by atoms with Crippen molar-refractivity contribution >= 4 is 12.2 Å². The van der Waals surface area contributed by atoms with Crippen LogP contribution >= 0.6 is 0 Å². The van der Waals surface area contributed by atoms with Crippen LogP contribution in [0.1, 0.15) is 6.42 Å². The first-order valence-electron chi connectivity index (χ1n) is 2.34. The Morgan fingerprint density at radius 2 is 2.11 bits per heavy atom. The molecule has 0 aliphatic carbocycles. The molecule has 0 aromatic rings. The van der Waals surface area contributed by atoms with Gasteiger partial charge in [0.15, 0.2) is 0 Å². The van der Waals surface area contributed by atoms with Crippen molar-refractivity contribution in [1.82, 2.24) is 0 Å². The van der Waals surface area contributed by atoms with Gasteiger partial charge in [0.25, 0.3) is 0 Å². The summed E-state index contributed by atoms with van der Waals surface area (Å²) in [4.78, 5) is 25.2. The van der Waals surface area contributed by atoms with Gasteiger partial charge in [-0.2, -0.15) is 0 Å². The molecule has 0 atom stereocenters. The van der Waals surface area contributed by atoms with E-state index >= 15 is 0 Å². The van der Waals surface area contributed by atoms with E-state index in [0.717, 1.165) is 0 Å². The maximum Gasteiger partial charge on any atom is 0.235 e. The van der Waals surface area contributed by atoms with Crippen molar-refractivity contribution in [1.29, 1.82) is 0 Å². The third-order valence-electron chi connectivity index (χ3n) is 0.579. The molecule has 47 valence electrons. The van der Waals surface area contributed by atoms with Gasteiger partial charge in [0, 0.05) is 0 Å². The van der Waals surface area contributed by atoms with Crippen molar-refractivity contribution < 1.29 is 9.59 Å². The summed E-state index contributed by atoms with van der Waals surface area (Å²) in [6.45, 7) is 1.67. The molecule has 0 saturated heterocycles. The van der Waals surface area contributed by atoms with Gasteiger partial charge < -0.3 is 0 Å². The van der Waals surface area contributed by atoms with Crippen LogP contribution in [0.15, 0.2) is 9.98 Å². The third-order valence-corrected chi connectivity index (χ3v) is 0.579. The van der Waals surface area contributed by atoms with E-state index in [0.29, 0.717) is 13.0 Å². The van der Waals surface area contributed by atoms with Crippen LogP contribution in [0.25, 0.3) is 0 Å². The minimum absolute atomic E-state index is 0.328. The fourth-order valence-electron chi connectivity index (χ4n) is 0.270. The number of nitrogens with zero attached hydrogens (tertiary/aromatic N) is 2. The zero-order chi connectivity index (χ0) is 6.95. The van der Waals surface area contributed by atoms with Crippen LogP contribution in [0.4, 0.5) is 0 Å². The highest BCUT2D eigenvalue weighted by atomic mass is 16.1. The molecule has 0 amide bonds. The van der Waals surface area contributed by atoms with Gasteiger partial charge in [0.05, 0.1) is 13.1 Å². The SMILES string of the molecule is O=C=N[CH]CCN=C=O. The summed E-state index contributed by atoms with van der Waals surface area (Å²) in [5, 5.41) is 0. The van der Waals surface area contributed by atoms with Crippen LogP contribution in [0.3, 0.4) is 0 Å². The van der Waals surface area contributed by atoms with Crippen LogP contribution in [0, 0.1) is 6.54 Å². The smallest absolute Gasteiger partial charge is 0.211 e. The molecule has 4 heteroatoms. The first-order valence-corrected chi connectivity index (χ1v) is 2.34. The molecule has 0 unspecified atom stereocenters. The molecule has 0 aliphatic heterocycles. The van der Waals surface area contributed by atoms with Crippen LogP contribution in [-0.4, -0.2) is 18.7 Å². The van der Waals surface area contributed by atoms with Crippen molar-refractivity contribution in [2.24, 2.45) is 9.98 Å². The number of isocyanates is 2. The maximum absolute atomic E-state index is 9.42. The predicted molar refractivity (Wildman–Crippen MR) is 30.0 cm³/mol. The number of hydrogen-bond acceptors (Lipinski definition) is 4. The van der Waals surface area contributed by atoms with E-state index in [2.05, 4.69) is 9.98 Å². The van der Waals surface area contributed by atoms with Crippen molar-refractivity contribution in [3.63, 3.8) is 0 Å². The highest BCUT2D eigenvalue weighted by molar-refractivity contribution is 5.34. The van der Waals surface area contributed by atoms with E-state index in [1.54, 1.807) is 0 Å². The molecular formula is C5H5N2O2. The van der Waals surface area contributed by atoms with Crippen molar-refractivity contribution in [3.8, 4) is 0 Å². The molecule has 1 radical (unpaired) electrons. The van der Waals surface area contributed by atoms with Gasteiger partial charge in [0.1, 0.15) is 0 Å². The van der Waals surface area contributed by atoms with E-state index in [4.69, 9.17) is 0 Å². The summed E-state index contributed by atoms with van der Waals surface area (Å²) in [7, 11) is 0. The molecule has 0 heterocycles. The summed E-state index contributed by atoms with van der Waals surface area (Å²) >= 11 is 0. The Morgan fingerprint density at radius 1 is 1.33 bits per heavy atom. The average Bonchev–Trinajstić information content (AvgIpc) is 1.89. The Bertz CT molecular complexity index is 136. The molecule has 0 aliphatic rings. The van der Waals surface area contributed by atoms with Crippen molar-refractivity contribution in [2.45, 2.75) is 6.42 Å². The zero-order valence-electron chi connectivity index (χ0n) is 4.70. The molecule has 0 bridgehead atoms. The molecule has 0 aromatic carbocycles. The first-order chi connectivity index (χ1) is 4.41. The topological polar surface area (TPSA) is 58.9 Å². The highest BCUT2D eigenvalue weighted by Gasteiger charge is 1.80. The second kappa shape index (κ2) is 6.76. The van der Waals surface area contributed by atoms with E-state index in [-0.39, 0.29) is 0 Å². The van der Waals surface area contributed by atoms with Crippen LogP contribution in [0.2, 0.25) is 0 Å². The minimum Gasteiger partial charge on any atom is -0.211 e. The number of hydrogen-bond donors (Lipinski definition) is 0. The van der Waals surface area contributed by atoms with Crippen molar-refractivity contribution in [3.05, 3.63) is 6.54 Å². The Balaban J connectivity index is 3.09. The molecule has 0 fully saturated rings. The monoisotopic (exact) mass is 125 g/mol. The lowest BCUT2D eigenvalue weighted by molar-refractivity contribution is 0.562. The predicted octanol–water partition coefficient (Wildman–Crippen LogP) is 0.210. The normalized spacial score (nSPS) is 7.11. The fraction of sp³-hybridized carbons (Fsp3) is 0.400. The molecule has 0 aromatic heterocycles. The fourth-order valence-corrected chi connectivity index (χ4v) is 0.270. The van der Waals surface area contributed by atoms with E-state index in [1.807, 2.05) is 0 Å². The second-order valence-corrected chi connectivity index (χ2v) is 1.16. The number of carbonyl (C=O) groups excluding carboxylic acids is 2. The third kappa shape index (κ3) is 6.76. The lowest BCUT2D eigenvalue weighted by atomic mass is 10.4. The second-order valence-electron chi connectivity index (χ2n) is 1.16. The van der Waals surface area contributed by atoms with Gasteiger partial charge in [-0.25, -0.2) is 19.6 Å². The lowest BCUT2D eigenvalue weighted by Gasteiger charge is -1.80. The largest absolute Gasteiger partial charge is 0.235 e. The Morgan fingerprint density at radius 3 is 2.67 bits per heavy atom. The quantitative estimate of drug-likeness (QED) is 0.306. The zero-order valence-corrected chi connectivity index (χ0v) is 4.70. The molecule has 0 N–H and O–H groups in total. The Labute approximate surface area is 52.3 Å². The van der Waals surface area contributed by atoms with E-state index in [1.165, 1.54) is 18.7 Å². The molecule has 4 nitrogen and oxygen atoms in total. The first kappa shape index (κ1) is 7.76. The van der Waals surface area contributed by atoms with Gasteiger partial charge in [0.2, 0.25) is 12.2 Å². The Kier molecular flexibility index (Phi) is 5.83. The Hall–Kier alpha value is -1.24. The standard InChI is InChI=1S/C5H5N2O2/c8-4-6-2-1-3-7-5-9/h2H,1,3H2. The van der Waals surface area contributed by atoms with Gasteiger partial charge in [-0.1, -0.05) is 0 Å². The summed E-state index contributed by atoms with van der Waals surface area (Å²) in [6.07, 6.45) is 3.16. The summed E-state index contributed by atoms with van der Waals surface area (Å²) in [6, 6.07) is 0. The summed E-state index contributed by atoms with van der Waals surface area (Å²) in [5.41, 5.74) is 0. The van der Waals surface area contributed by atoms with Crippen LogP contribution in [0.5, 0.6) is 0 Å². The maximum atomic E-state index is 9.42. The molecular weight excluding hydrogens is 120 g/mol. The molecule has 0 saturated carbocycles. The lowest BCUT2D eigenvalue weighted by Crippen LogP contribution is -1.77. The van der Waals surface area contributed by atoms with Crippen molar-refractivity contribution in [2.75, 3.05) is 6.54 Å². The minimum atomic E-state index is 0.328.